The van der Waals surface area contributed by atoms with Gasteiger partial charge in [-0.25, -0.2) is 9.97 Å². The van der Waals surface area contributed by atoms with Crippen molar-refractivity contribution in [2.24, 2.45) is 0 Å². The Morgan fingerprint density at radius 1 is 1.17 bits per heavy atom. The molecular formula is C19H22N4. The third kappa shape index (κ3) is 2.86. The van der Waals surface area contributed by atoms with Gasteiger partial charge < -0.3 is 9.47 Å². The lowest BCUT2D eigenvalue weighted by atomic mass is 10.1. The number of pyridine rings is 1. The van der Waals surface area contributed by atoms with Crippen molar-refractivity contribution in [3.63, 3.8) is 0 Å². The van der Waals surface area contributed by atoms with Gasteiger partial charge in [-0.3, -0.25) is 0 Å². The summed E-state index contributed by atoms with van der Waals surface area (Å²) in [5.74, 6) is 0.969. The van der Waals surface area contributed by atoms with Crippen LogP contribution in [-0.4, -0.2) is 39.1 Å². The first-order valence-electron chi connectivity index (χ1n) is 8.39. The van der Waals surface area contributed by atoms with E-state index in [1.807, 2.05) is 18.3 Å². The van der Waals surface area contributed by atoms with Gasteiger partial charge in [-0.05, 0) is 45.0 Å². The SMILES string of the molecule is CN1CCC[C@@H]1CCn1ccnc1-c1ccc2ccccc2n1. The molecule has 3 heterocycles. The molecule has 3 aromatic rings. The molecule has 0 N–H and O–H groups in total. The van der Waals surface area contributed by atoms with Gasteiger partial charge >= 0.3 is 0 Å². The van der Waals surface area contributed by atoms with Gasteiger partial charge in [-0.15, -0.1) is 0 Å². The van der Waals surface area contributed by atoms with Crippen molar-refractivity contribution in [3.8, 4) is 11.5 Å². The Bertz CT molecular complexity index is 808. The molecule has 23 heavy (non-hydrogen) atoms. The van der Waals surface area contributed by atoms with Gasteiger partial charge in [0.05, 0.1) is 5.52 Å². The number of nitrogens with zero attached hydrogens (tertiary/aromatic N) is 4. The van der Waals surface area contributed by atoms with E-state index in [0.717, 1.165) is 23.6 Å². The molecule has 0 spiro atoms. The van der Waals surface area contributed by atoms with Crippen molar-refractivity contribution in [2.75, 3.05) is 13.6 Å². The van der Waals surface area contributed by atoms with E-state index in [-0.39, 0.29) is 0 Å². The predicted octanol–water partition coefficient (Wildman–Crippen LogP) is 3.58. The second-order valence-electron chi connectivity index (χ2n) is 6.40. The van der Waals surface area contributed by atoms with Crippen LogP contribution in [0, 0.1) is 0 Å². The minimum Gasteiger partial charge on any atom is -0.330 e. The zero-order valence-electron chi connectivity index (χ0n) is 13.5. The molecule has 4 nitrogen and oxygen atoms in total. The number of benzene rings is 1. The predicted molar refractivity (Wildman–Crippen MR) is 93.2 cm³/mol. The molecular weight excluding hydrogens is 284 g/mol. The van der Waals surface area contributed by atoms with Crippen molar-refractivity contribution in [3.05, 3.63) is 48.8 Å². The van der Waals surface area contributed by atoms with E-state index < -0.39 is 0 Å². The zero-order valence-corrected chi connectivity index (χ0v) is 13.5. The Morgan fingerprint density at radius 2 is 2.09 bits per heavy atom. The lowest BCUT2D eigenvalue weighted by molar-refractivity contribution is 0.286. The summed E-state index contributed by atoms with van der Waals surface area (Å²) >= 11 is 0. The highest BCUT2D eigenvalue weighted by Gasteiger charge is 2.20. The van der Waals surface area contributed by atoms with Crippen molar-refractivity contribution in [1.29, 1.82) is 0 Å². The Kier molecular flexibility index (Phi) is 3.83. The minimum atomic E-state index is 0.704. The molecule has 0 amide bonds. The second-order valence-corrected chi connectivity index (χ2v) is 6.40. The Labute approximate surface area is 136 Å². The van der Waals surface area contributed by atoms with Crippen LogP contribution in [0.15, 0.2) is 48.8 Å². The third-order valence-electron chi connectivity index (χ3n) is 4.92. The van der Waals surface area contributed by atoms with Crippen LogP contribution in [0.2, 0.25) is 0 Å². The number of para-hydroxylation sites is 1. The highest BCUT2D eigenvalue weighted by atomic mass is 15.2. The quantitative estimate of drug-likeness (QED) is 0.739. The molecule has 1 atom stereocenters. The summed E-state index contributed by atoms with van der Waals surface area (Å²) in [5, 5.41) is 1.17. The molecule has 0 radical (unpaired) electrons. The summed E-state index contributed by atoms with van der Waals surface area (Å²) in [6.45, 7) is 2.23. The Morgan fingerprint density at radius 3 is 2.96 bits per heavy atom. The summed E-state index contributed by atoms with van der Waals surface area (Å²) in [4.78, 5) is 11.8. The van der Waals surface area contributed by atoms with Gasteiger partial charge in [0.1, 0.15) is 5.69 Å². The molecule has 0 aliphatic carbocycles. The zero-order chi connectivity index (χ0) is 15.6. The highest BCUT2D eigenvalue weighted by Crippen LogP contribution is 2.22. The molecule has 1 aromatic carbocycles. The normalized spacial score (nSPS) is 18.7. The summed E-state index contributed by atoms with van der Waals surface area (Å²) in [7, 11) is 2.23. The first kappa shape index (κ1) is 14.4. The van der Waals surface area contributed by atoms with Gasteiger partial charge in [0.15, 0.2) is 5.82 Å². The molecule has 1 saturated heterocycles. The summed E-state index contributed by atoms with van der Waals surface area (Å²) in [6.07, 6.45) is 7.76. The number of fused-ring (bicyclic) bond motifs is 1. The Balaban J connectivity index is 1.58. The second kappa shape index (κ2) is 6.13. The molecule has 2 aromatic heterocycles. The standard InChI is InChI=1S/C19H22N4/c1-22-12-4-6-16(22)10-13-23-14-11-20-19(23)18-9-8-15-5-2-3-7-17(15)21-18/h2-3,5,7-9,11,14,16H,4,6,10,12-13H2,1H3/t16-/m1/s1. The van der Waals surface area contributed by atoms with Gasteiger partial charge in [0.25, 0.3) is 0 Å². The third-order valence-corrected chi connectivity index (χ3v) is 4.92. The fraction of sp³-hybridized carbons (Fsp3) is 0.368. The summed E-state index contributed by atoms with van der Waals surface area (Å²) in [5.41, 5.74) is 1.98. The van der Waals surface area contributed by atoms with Crippen LogP contribution >= 0.6 is 0 Å². The van der Waals surface area contributed by atoms with E-state index >= 15 is 0 Å². The topological polar surface area (TPSA) is 34.0 Å². The molecule has 1 aliphatic rings. The molecule has 0 saturated carbocycles. The average molecular weight is 306 g/mol. The first-order valence-corrected chi connectivity index (χ1v) is 8.39. The maximum atomic E-state index is 4.78. The first-order chi connectivity index (χ1) is 11.3. The number of imidazole rings is 1. The molecule has 0 bridgehead atoms. The van der Waals surface area contributed by atoms with Crippen molar-refractivity contribution >= 4 is 10.9 Å². The summed E-state index contributed by atoms with van der Waals surface area (Å²) < 4.78 is 2.24. The van der Waals surface area contributed by atoms with Crippen molar-refractivity contribution in [1.82, 2.24) is 19.4 Å². The van der Waals surface area contributed by atoms with Crippen LogP contribution in [0.1, 0.15) is 19.3 Å². The number of aryl methyl sites for hydroxylation is 1. The van der Waals surface area contributed by atoms with Gasteiger partial charge in [0, 0.05) is 30.4 Å². The minimum absolute atomic E-state index is 0.704. The maximum Gasteiger partial charge on any atom is 0.158 e. The smallest absolute Gasteiger partial charge is 0.158 e. The van der Waals surface area contributed by atoms with Gasteiger partial charge in [0.2, 0.25) is 0 Å². The average Bonchev–Trinajstić information content (AvgIpc) is 3.21. The van der Waals surface area contributed by atoms with Crippen molar-refractivity contribution in [2.45, 2.75) is 31.8 Å². The molecule has 4 heteroatoms. The van der Waals surface area contributed by atoms with E-state index in [4.69, 9.17) is 4.98 Å². The van der Waals surface area contributed by atoms with Crippen LogP contribution in [0.3, 0.4) is 0 Å². The van der Waals surface area contributed by atoms with Crippen LogP contribution < -0.4 is 0 Å². The summed E-state index contributed by atoms with van der Waals surface area (Å²) in [6, 6.07) is 13.1. The van der Waals surface area contributed by atoms with E-state index in [1.54, 1.807) is 0 Å². The Hall–Kier alpha value is -2.20. The number of likely N-dealkylation sites (tertiary alicyclic amines) is 1. The molecule has 1 aliphatic heterocycles. The fourth-order valence-electron chi connectivity index (χ4n) is 3.55. The largest absolute Gasteiger partial charge is 0.330 e. The number of hydrogen-bond donors (Lipinski definition) is 0. The molecule has 1 fully saturated rings. The lowest BCUT2D eigenvalue weighted by Crippen LogP contribution is -2.26. The molecule has 0 unspecified atom stereocenters. The van der Waals surface area contributed by atoms with Crippen molar-refractivity contribution < 1.29 is 0 Å². The molecule has 4 rings (SSSR count). The maximum absolute atomic E-state index is 4.78. The molecule has 118 valence electrons. The highest BCUT2D eigenvalue weighted by molar-refractivity contribution is 5.80. The fourth-order valence-corrected chi connectivity index (χ4v) is 3.55. The number of rotatable bonds is 4. The van der Waals surface area contributed by atoms with Crippen LogP contribution in [0.5, 0.6) is 0 Å². The number of hydrogen-bond acceptors (Lipinski definition) is 3. The number of aromatic nitrogens is 3. The van der Waals surface area contributed by atoms with Gasteiger partial charge in [-0.1, -0.05) is 24.3 Å². The van der Waals surface area contributed by atoms with E-state index in [1.165, 1.54) is 31.2 Å². The van der Waals surface area contributed by atoms with Crippen LogP contribution in [-0.2, 0) is 6.54 Å². The van der Waals surface area contributed by atoms with E-state index in [2.05, 4.69) is 52.0 Å². The lowest BCUT2D eigenvalue weighted by Gasteiger charge is -2.19. The monoisotopic (exact) mass is 306 g/mol. The van der Waals surface area contributed by atoms with E-state index in [9.17, 15) is 0 Å². The van der Waals surface area contributed by atoms with E-state index in [0.29, 0.717) is 6.04 Å². The van der Waals surface area contributed by atoms with Gasteiger partial charge in [-0.2, -0.15) is 0 Å². The van der Waals surface area contributed by atoms with Crippen LogP contribution in [0.4, 0.5) is 0 Å². The van der Waals surface area contributed by atoms with Crippen LogP contribution in [0.25, 0.3) is 22.4 Å².